The van der Waals surface area contributed by atoms with E-state index in [1.165, 1.54) is 25.3 Å². The highest BCUT2D eigenvalue weighted by molar-refractivity contribution is 5.90. The Bertz CT molecular complexity index is 528. The largest absolute Gasteiger partial charge is 0.465 e. The molecule has 0 saturated carbocycles. The minimum Gasteiger partial charge on any atom is -0.465 e. The van der Waals surface area contributed by atoms with E-state index >= 15 is 0 Å². The molecule has 0 aliphatic heterocycles. The van der Waals surface area contributed by atoms with Crippen molar-refractivity contribution in [1.29, 1.82) is 0 Å². The Morgan fingerprint density at radius 2 is 2.25 bits per heavy atom. The maximum atomic E-state index is 11.4. The number of hydrogen-bond acceptors (Lipinski definition) is 6. The molecule has 1 aromatic carbocycles. The third kappa shape index (κ3) is 3.86. The van der Waals surface area contributed by atoms with Gasteiger partial charge in [0.15, 0.2) is 0 Å². The Morgan fingerprint density at radius 3 is 2.85 bits per heavy atom. The normalized spacial score (nSPS) is 13.2. The van der Waals surface area contributed by atoms with Gasteiger partial charge in [0.1, 0.15) is 6.10 Å². The summed E-state index contributed by atoms with van der Waals surface area (Å²) in [6, 6.07) is 4.28. The van der Waals surface area contributed by atoms with Crippen LogP contribution in [0, 0.1) is 0 Å². The second-order valence-corrected chi connectivity index (χ2v) is 4.09. The van der Waals surface area contributed by atoms with E-state index in [9.17, 15) is 15.0 Å². The quantitative estimate of drug-likeness (QED) is 0.235. The lowest BCUT2D eigenvalue weighted by atomic mass is 9.98. The molecule has 0 heterocycles. The van der Waals surface area contributed by atoms with E-state index < -0.39 is 18.2 Å². The van der Waals surface area contributed by atoms with Crippen molar-refractivity contribution in [3.8, 4) is 0 Å². The van der Waals surface area contributed by atoms with Crippen LogP contribution in [0.15, 0.2) is 23.3 Å². The number of benzene rings is 1. The highest BCUT2D eigenvalue weighted by atomic mass is 16.5. The van der Waals surface area contributed by atoms with E-state index in [0.717, 1.165) is 0 Å². The molecule has 1 aromatic rings. The maximum Gasteiger partial charge on any atom is 0.337 e. The number of hydrogen-bond donors (Lipinski definition) is 3. The molecule has 0 aliphatic rings. The molecular weight excluding hydrogens is 264 g/mol. The molecule has 8 heteroatoms. The van der Waals surface area contributed by atoms with Crippen molar-refractivity contribution in [1.82, 2.24) is 0 Å². The molecule has 0 spiro atoms. The molecule has 0 fully saturated rings. The van der Waals surface area contributed by atoms with E-state index in [1.54, 1.807) is 0 Å². The number of esters is 1. The van der Waals surface area contributed by atoms with Gasteiger partial charge in [-0.15, -0.1) is 0 Å². The predicted octanol–water partition coefficient (Wildman–Crippen LogP) is 1.15. The minimum absolute atomic E-state index is 0.0469. The summed E-state index contributed by atoms with van der Waals surface area (Å²) >= 11 is 0. The number of nitrogen functional groups attached to an aromatic ring is 1. The Hall–Kier alpha value is -2.28. The van der Waals surface area contributed by atoms with Gasteiger partial charge in [-0.2, -0.15) is 0 Å². The molecule has 1 rings (SSSR count). The van der Waals surface area contributed by atoms with E-state index in [2.05, 4.69) is 14.8 Å². The molecule has 2 atom stereocenters. The van der Waals surface area contributed by atoms with Crippen molar-refractivity contribution in [3.63, 3.8) is 0 Å². The molecule has 0 bridgehead atoms. The summed E-state index contributed by atoms with van der Waals surface area (Å²) in [4.78, 5) is 14.0. The maximum absolute atomic E-state index is 11.4. The SMILES string of the molecule is COC(=O)c1ccc(N)c(C(O)C(O)CCN=[N+]=[N-])c1. The summed E-state index contributed by atoms with van der Waals surface area (Å²) in [6.45, 7) is 0.0469. The fourth-order valence-electron chi connectivity index (χ4n) is 1.68. The lowest BCUT2D eigenvalue weighted by molar-refractivity contribution is 0.0154. The van der Waals surface area contributed by atoms with Crippen LogP contribution < -0.4 is 5.73 Å². The zero-order chi connectivity index (χ0) is 15.1. The van der Waals surface area contributed by atoms with Crippen LogP contribution in [0.5, 0.6) is 0 Å². The van der Waals surface area contributed by atoms with Crippen molar-refractivity contribution >= 4 is 11.7 Å². The van der Waals surface area contributed by atoms with Crippen LogP contribution in [-0.2, 0) is 4.74 Å². The molecule has 8 nitrogen and oxygen atoms in total. The number of nitrogens with two attached hydrogens (primary N) is 1. The number of nitrogens with zero attached hydrogens (tertiary/aromatic N) is 3. The highest BCUT2D eigenvalue weighted by Crippen LogP contribution is 2.26. The lowest BCUT2D eigenvalue weighted by Gasteiger charge is -2.19. The van der Waals surface area contributed by atoms with Crippen molar-refractivity contribution in [2.45, 2.75) is 18.6 Å². The number of aliphatic hydroxyl groups is 2. The number of anilines is 1. The standard InChI is InChI=1S/C12H16N4O4/c1-20-12(19)7-2-3-9(13)8(6-7)11(18)10(17)4-5-15-16-14/h2-3,6,10-11,17-18H,4-5,13H2,1H3. The second-order valence-electron chi connectivity index (χ2n) is 4.09. The zero-order valence-electron chi connectivity index (χ0n) is 10.9. The van der Waals surface area contributed by atoms with Gasteiger partial charge in [-0.05, 0) is 30.2 Å². The summed E-state index contributed by atoms with van der Waals surface area (Å²) in [5.41, 5.74) is 14.6. The van der Waals surface area contributed by atoms with Crippen LogP contribution in [0.3, 0.4) is 0 Å². The summed E-state index contributed by atoms with van der Waals surface area (Å²) in [7, 11) is 1.24. The van der Waals surface area contributed by atoms with Gasteiger partial charge in [0, 0.05) is 22.7 Å². The van der Waals surface area contributed by atoms with Crippen molar-refractivity contribution < 1.29 is 19.7 Å². The number of carbonyl (C=O) groups excluding carboxylic acids is 1. The molecule has 4 N–H and O–H groups in total. The van der Waals surface area contributed by atoms with Crippen LogP contribution in [0.1, 0.15) is 28.4 Å². The summed E-state index contributed by atoms with van der Waals surface area (Å²) in [5.74, 6) is -0.568. The number of rotatable bonds is 6. The number of carbonyl (C=O) groups is 1. The highest BCUT2D eigenvalue weighted by Gasteiger charge is 2.21. The van der Waals surface area contributed by atoms with E-state index in [-0.39, 0.29) is 29.8 Å². The van der Waals surface area contributed by atoms with Crippen LogP contribution in [0.4, 0.5) is 5.69 Å². The van der Waals surface area contributed by atoms with Gasteiger partial charge in [-0.1, -0.05) is 5.11 Å². The first-order valence-electron chi connectivity index (χ1n) is 5.86. The molecule has 0 aromatic heterocycles. The fourth-order valence-corrected chi connectivity index (χ4v) is 1.68. The Labute approximate surface area is 115 Å². The first-order chi connectivity index (χ1) is 9.51. The van der Waals surface area contributed by atoms with Gasteiger partial charge in [0.05, 0.1) is 18.8 Å². The number of aliphatic hydroxyl groups excluding tert-OH is 2. The number of azide groups is 1. The molecule has 0 saturated heterocycles. The van der Waals surface area contributed by atoms with E-state index in [0.29, 0.717) is 0 Å². The minimum atomic E-state index is -1.28. The Morgan fingerprint density at radius 1 is 1.55 bits per heavy atom. The van der Waals surface area contributed by atoms with Crippen LogP contribution in [0.25, 0.3) is 10.4 Å². The van der Waals surface area contributed by atoms with Crippen LogP contribution in [-0.4, -0.2) is 35.9 Å². The summed E-state index contributed by atoms with van der Waals surface area (Å²) in [5, 5.41) is 23.1. The lowest BCUT2D eigenvalue weighted by Crippen LogP contribution is -2.20. The molecular formula is C12H16N4O4. The number of ether oxygens (including phenoxy) is 1. The van der Waals surface area contributed by atoms with E-state index in [4.69, 9.17) is 11.3 Å². The molecule has 0 amide bonds. The predicted molar refractivity (Wildman–Crippen MR) is 71.8 cm³/mol. The first kappa shape index (κ1) is 15.8. The van der Waals surface area contributed by atoms with Gasteiger partial charge in [-0.25, -0.2) is 4.79 Å². The monoisotopic (exact) mass is 280 g/mol. The second kappa shape index (κ2) is 7.34. The zero-order valence-corrected chi connectivity index (χ0v) is 10.9. The average Bonchev–Trinajstić information content (AvgIpc) is 2.46. The van der Waals surface area contributed by atoms with Crippen molar-refractivity contribution in [3.05, 3.63) is 39.8 Å². The topological polar surface area (TPSA) is 142 Å². The number of methoxy groups -OCH3 is 1. The average molecular weight is 280 g/mol. The molecule has 0 radical (unpaired) electrons. The third-order valence-corrected chi connectivity index (χ3v) is 2.78. The van der Waals surface area contributed by atoms with Gasteiger partial charge in [0.2, 0.25) is 0 Å². The Balaban J connectivity index is 2.93. The Kier molecular flexibility index (Phi) is 5.79. The van der Waals surface area contributed by atoms with Crippen LogP contribution >= 0.6 is 0 Å². The van der Waals surface area contributed by atoms with Gasteiger partial charge in [0.25, 0.3) is 0 Å². The molecule has 2 unspecified atom stereocenters. The third-order valence-electron chi connectivity index (χ3n) is 2.78. The van der Waals surface area contributed by atoms with Crippen molar-refractivity contribution in [2.75, 3.05) is 19.4 Å². The summed E-state index contributed by atoms with van der Waals surface area (Å²) < 4.78 is 4.57. The van der Waals surface area contributed by atoms with Gasteiger partial charge < -0.3 is 20.7 Å². The smallest absolute Gasteiger partial charge is 0.337 e. The van der Waals surface area contributed by atoms with Crippen molar-refractivity contribution in [2.24, 2.45) is 5.11 Å². The molecule has 0 aliphatic carbocycles. The first-order valence-corrected chi connectivity index (χ1v) is 5.86. The molecule has 108 valence electrons. The molecule has 20 heavy (non-hydrogen) atoms. The fraction of sp³-hybridized carbons (Fsp3) is 0.417. The van der Waals surface area contributed by atoms with Gasteiger partial charge in [-0.3, -0.25) is 0 Å². The van der Waals surface area contributed by atoms with Crippen LogP contribution in [0.2, 0.25) is 0 Å². The summed E-state index contributed by atoms with van der Waals surface area (Å²) in [6.07, 6.45) is -2.36. The van der Waals surface area contributed by atoms with E-state index in [1.807, 2.05) is 0 Å². The van der Waals surface area contributed by atoms with Gasteiger partial charge >= 0.3 is 5.97 Å².